The van der Waals surface area contributed by atoms with E-state index in [-0.39, 0.29) is 6.10 Å². The minimum Gasteiger partial charge on any atom is -0.233 e. The maximum atomic E-state index is 11.1. The van der Waals surface area contributed by atoms with Crippen molar-refractivity contribution in [1.29, 1.82) is 0 Å². The van der Waals surface area contributed by atoms with Gasteiger partial charge in [0.05, 0.1) is 6.10 Å². The number of fused-ring (bicyclic) bond motifs is 3. The molecule has 0 aromatic rings. The predicted molar refractivity (Wildman–Crippen MR) is 34.5 cm³/mol. The molecule has 51 valence electrons. The van der Waals surface area contributed by atoms with Crippen molar-refractivity contribution in [2.75, 3.05) is 0 Å². The molecule has 1 nitrogen and oxygen atoms in total. The monoisotopic (exact) mass is 125 g/mol. The number of hydrogen-bond donors (Lipinski definition) is 0. The van der Waals surface area contributed by atoms with Crippen LogP contribution in [0.4, 0.5) is 0 Å². The van der Waals surface area contributed by atoms with E-state index in [1.807, 2.05) is 0 Å². The maximum Gasteiger partial charge on any atom is 0.0960 e. The van der Waals surface area contributed by atoms with Gasteiger partial charge in [0.25, 0.3) is 0 Å². The summed E-state index contributed by atoms with van der Waals surface area (Å²) in [4.78, 5) is 0. The van der Waals surface area contributed by atoms with E-state index in [0.717, 1.165) is 12.3 Å². The Bertz CT molecular complexity index is 103. The van der Waals surface area contributed by atoms with Crippen LogP contribution >= 0.6 is 0 Å². The first-order valence-corrected chi connectivity index (χ1v) is 4.02. The van der Waals surface area contributed by atoms with E-state index >= 15 is 0 Å². The Morgan fingerprint density at radius 1 is 1.00 bits per heavy atom. The molecule has 0 aromatic carbocycles. The quantitative estimate of drug-likeness (QED) is 0.472. The molecule has 0 heterocycles. The first-order chi connectivity index (χ1) is 4.36. The minimum atomic E-state index is -0.183. The van der Waals surface area contributed by atoms with E-state index in [4.69, 9.17) is 0 Å². The van der Waals surface area contributed by atoms with Crippen molar-refractivity contribution in [2.45, 2.75) is 38.2 Å². The Hall–Kier alpha value is -0.0400. The van der Waals surface area contributed by atoms with E-state index in [2.05, 4.69) is 0 Å². The average Bonchev–Trinajstić information content (AvgIpc) is 1.90. The molecule has 1 unspecified atom stereocenters. The number of hydrogen-bond acceptors (Lipinski definition) is 0. The van der Waals surface area contributed by atoms with Crippen LogP contribution in [0.5, 0.6) is 0 Å². The van der Waals surface area contributed by atoms with Gasteiger partial charge in [-0.1, -0.05) is 0 Å². The van der Waals surface area contributed by atoms with E-state index < -0.39 is 0 Å². The molecule has 3 rings (SSSR count). The van der Waals surface area contributed by atoms with Crippen molar-refractivity contribution in [3.8, 4) is 0 Å². The third kappa shape index (κ3) is 0.877. The molecule has 0 spiro atoms. The van der Waals surface area contributed by atoms with Gasteiger partial charge in [-0.2, -0.15) is 0 Å². The summed E-state index contributed by atoms with van der Waals surface area (Å²) >= 11 is 0. The van der Waals surface area contributed by atoms with Crippen molar-refractivity contribution in [1.82, 2.24) is 0 Å². The van der Waals surface area contributed by atoms with Crippen molar-refractivity contribution >= 4 is 0 Å². The lowest BCUT2D eigenvalue weighted by molar-refractivity contribution is -0.0430. The highest BCUT2D eigenvalue weighted by Crippen LogP contribution is 2.41. The maximum absolute atomic E-state index is 11.1. The zero-order valence-electron chi connectivity index (χ0n) is 5.68. The van der Waals surface area contributed by atoms with E-state index in [9.17, 15) is 5.11 Å². The standard InChI is InChI=1S/C8H13O/c9-8-5-6-1-3-7(8)4-2-6/h6-8H,1-5H2. The second-order valence-electron chi connectivity index (χ2n) is 3.55. The van der Waals surface area contributed by atoms with Gasteiger partial charge < -0.3 is 0 Å². The van der Waals surface area contributed by atoms with Gasteiger partial charge in [-0.15, -0.1) is 0 Å². The van der Waals surface area contributed by atoms with Crippen molar-refractivity contribution in [2.24, 2.45) is 11.8 Å². The van der Waals surface area contributed by atoms with Crippen LogP contribution in [0.1, 0.15) is 32.1 Å². The molecule has 1 atom stereocenters. The second kappa shape index (κ2) is 1.98. The molecule has 0 aromatic heterocycles. The Kier molecular flexibility index (Phi) is 1.26. The molecule has 3 fully saturated rings. The fourth-order valence-corrected chi connectivity index (χ4v) is 2.32. The van der Waals surface area contributed by atoms with Gasteiger partial charge in [0, 0.05) is 0 Å². The highest BCUT2D eigenvalue weighted by Gasteiger charge is 2.35. The number of rotatable bonds is 0. The fourth-order valence-electron chi connectivity index (χ4n) is 2.32. The van der Waals surface area contributed by atoms with Crippen LogP contribution < -0.4 is 0 Å². The molecule has 9 heavy (non-hydrogen) atoms. The zero-order chi connectivity index (χ0) is 6.27. The molecule has 0 aliphatic heterocycles. The first-order valence-electron chi connectivity index (χ1n) is 4.02. The van der Waals surface area contributed by atoms with Crippen molar-refractivity contribution in [3.63, 3.8) is 0 Å². The summed E-state index contributed by atoms with van der Waals surface area (Å²) in [5, 5.41) is 11.1. The minimum absolute atomic E-state index is 0.183. The Morgan fingerprint density at radius 2 is 1.67 bits per heavy atom. The molecular weight excluding hydrogens is 112 g/mol. The van der Waals surface area contributed by atoms with Gasteiger partial charge in [-0.25, -0.2) is 5.11 Å². The highest BCUT2D eigenvalue weighted by molar-refractivity contribution is 4.85. The first kappa shape index (κ1) is 5.72. The van der Waals surface area contributed by atoms with Crippen LogP contribution in [0, 0.1) is 11.8 Å². The summed E-state index contributed by atoms with van der Waals surface area (Å²) < 4.78 is 0. The molecule has 0 saturated heterocycles. The molecule has 0 amide bonds. The van der Waals surface area contributed by atoms with Crippen molar-refractivity contribution < 1.29 is 5.11 Å². The third-order valence-corrected chi connectivity index (χ3v) is 2.98. The molecule has 3 aliphatic carbocycles. The summed E-state index contributed by atoms with van der Waals surface area (Å²) in [6, 6.07) is 0. The molecule has 1 heteroatoms. The molecule has 0 N–H and O–H groups in total. The largest absolute Gasteiger partial charge is 0.233 e. The predicted octanol–water partition coefficient (Wildman–Crippen LogP) is 2.00. The van der Waals surface area contributed by atoms with E-state index in [1.165, 1.54) is 25.7 Å². The summed E-state index contributed by atoms with van der Waals surface area (Å²) in [5.74, 6) is 1.38. The molecule has 2 bridgehead atoms. The van der Waals surface area contributed by atoms with Gasteiger partial charge in [0.1, 0.15) is 0 Å². The SMILES string of the molecule is [O]C1CC2CCC1CC2. The molecule has 1 radical (unpaired) electrons. The van der Waals surface area contributed by atoms with Crippen LogP contribution in [-0.4, -0.2) is 6.10 Å². The lowest BCUT2D eigenvalue weighted by Gasteiger charge is -2.38. The van der Waals surface area contributed by atoms with Gasteiger partial charge >= 0.3 is 0 Å². The van der Waals surface area contributed by atoms with Crippen molar-refractivity contribution in [3.05, 3.63) is 0 Å². The Balaban J connectivity index is 2.06. The van der Waals surface area contributed by atoms with Gasteiger partial charge in [0.15, 0.2) is 0 Å². The lowest BCUT2D eigenvalue weighted by Crippen LogP contribution is -2.33. The van der Waals surface area contributed by atoms with Crippen LogP contribution in [-0.2, 0) is 5.11 Å². The topological polar surface area (TPSA) is 19.9 Å². The van der Waals surface area contributed by atoms with Crippen LogP contribution in [0.15, 0.2) is 0 Å². The molecular formula is C8H13O. The van der Waals surface area contributed by atoms with E-state index in [0.29, 0.717) is 5.92 Å². The summed E-state index contributed by atoms with van der Waals surface area (Å²) in [5.41, 5.74) is 0. The smallest absolute Gasteiger partial charge is 0.0960 e. The van der Waals surface area contributed by atoms with Gasteiger partial charge in [-0.3, -0.25) is 0 Å². The summed E-state index contributed by atoms with van der Waals surface area (Å²) in [6.07, 6.45) is 5.98. The second-order valence-corrected chi connectivity index (χ2v) is 3.55. The Morgan fingerprint density at radius 3 is 1.89 bits per heavy atom. The zero-order valence-corrected chi connectivity index (χ0v) is 5.68. The third-order valence-electron chi connectivity index (χ3n) is 2.98. The van der Waals surface area contributed by atoms with Gasteiger partial charge in [0.2, 0.25) is 0 Å². The lowest BCUT2D eigenvalue weighted by atomic mass is 9.69. The molecule has 3 saturated carbocycles. The fraction of sp³-hybridized carbons (Fsp3) is 1.00. The van der Waals surface area contributed by atoms with Crippen LogP contribution in [0.2, 0.25) is 0 Å². The van der Waals surface area contributed by atoms with Gasteiger partial charge in [-0.05, 0) is 43.9 Å². The molecule has 3 aliphatic rings. The van der Waals surface area contributed by atoms with E-state index in [1.54, 1.807) is 0 Å². The highest BCUT2D eigenvalue weighted by atomic mass is 16.3. The average molecular weight is 125 g/mol. The Labute approximate surface area is 56.1 Å². The summed E-state index contributed by atoms with van der Waals surface area (Å²) in [6.45, 7) is 0. The van der Waals surface area contributed by atoms with Crippen LogP contribution in [0.3, 0.4) is 0 Å². The normalized spacial score (nSPS) is 49.7. The summed E-state index contributed by atoms with van der Waals surface area (Å²) in [7, 11) is 0. The van der Waals surface area contributed by atoms with Crippen LogP contribution in [0.25, 0.3) is 0 Å².